The van der Waals surface area contributed by atoms with Crippen LogP contribution in [0.15, 0.2) is 24.7 Å². The average molecular weight is 246 g/mol. The summed E-state index contributed by atoms with van der Waals surface area (Å²) >= 11 is 0. The van der Waals surface area contributed by atoms with E-state index in [-0.39, 0.29) is 0 Å². The minimum atomic E-state index is 0.415. The van der Waals surface area contributed by atoms with Crippen molar-refractivity contribution in [3.63, 3.8) is 0 Å². The van der Waals surface area contributed by atoms with E-state index >= 15 is 0 Å². The Morgan fingerprint density at radius 2 is 2.28 bits per heavy atom. The van der Waals surface area contributed by atoms with Gasteiger partial charge in [0, 0.05) is 24.8 Å². The van der Waals surface area contributed by atoms with E-state index in [1.165, 1.54) is 0 Å². The molecule has 0 aliphatic rings. The zero-order chi connectivity index (χ0) is 13.0. The molecule has 0 saturated heterocycles. The Morgan fingerprint density at radius 1 is 1.44 bits per heavy atom. The van der Waals surface area contributed by atoms with Crippen LogP contribution in [0, 0.1) is 6.92 Å². The molecule has 0 amide bonds. The molecule has 0 radical (unpaired) electrons. The van der Waals surface area contributed by atoms with E-state index in [0.29, 0.717) is 18.2 Å². The van der Waals surface area contributed by atoms with Crippen LogP contribution in [0.5, 0.6) is 11.6 Å². The first-order valence-electron chi connectivity index (χ1n) is 6.09. The molecule has 0 bridgehead atoms. The highest BCUT2D eigenvalue weighted by Crippen LogP contribution is 2.24. The molecule has 0 saturated carbocycles. The van der Waals surface area contributed by atoms with Crippen molar-refractivity contribution in [1.82, 2.24) is 14.8 Å². The van der Waals surface area contributed by atoms with Crippen LogP contribution in [0.2, 0.25) is 0 Å². The lowest BCUT2D eigenvalue weighted by Crippen LogP contribution is -2.03. The van der Waals surface area contributed by atoms with E-state index in [9.17, 15) is 0 Å². The maximum absolute atomic E-state index is 5.73. The fraction of sp³-hybridized carbons (Fsp3) is 0.385. The Labute approximate surface area is 107 Å². The third-order valence-electron chi connectivity index (χ3n) is 2.73. The Bertz CT molecular complexity index is 521. The van der Waals surface area contributed by atoms with Gasteiger partial charge in [-0.25, -0.2) is 4.98 Å². The molecule has 2 aromatic heterocycles. The molecule has 0 aromatic carbocycles. The van der Waals surface area contributed by atoms with Gasteiger partial charge in [-0.15, -0.1) is 0 Å². The standard InChI is InChI=1S/C13H18N4O/c1-3-6-17-9-11(8-16-17)18-13-12(7-14)10(2)4-5-15-13/h4-5,8-9H,3,6-7,14H2,1-2H3. The molecule has 2 heterocycles. The molecule has 96 valence electrons. The van der Waals surface area contributed by atoms with Gasteiger partial charge in [0.15, 0.2) is 5.75 Å². The molecule has 5 heteroatoms. The lowest BCUT2D eigenvalue weighted by atomic mass is 10.1. The fourth-order valence-corrected chi connectivity index (χ4v) is 1.76. The highest BCUT2D eigenvalue weighted by Gasteiger charge is 2.09. The van der Waals surface area contributed by atoms with Crippen molar-refractivity contribution in [1.29, 1.82) is 0 Å². The van der Waals surface area contributed by atoms with Gasteiger partial charge < -0.3 is 10.5 Å². The summed E-state index contributed by atoms with van der Waals surface area (Å²) < 4.78 is 7.59. The van der Waals surface area contributed by atoms with Gasteiger partial charge in [0.25, 0.3) is 0 Å². The third-order valence-corrected chi connectivity index (χ3v) is 2.73. The van der Waals surface area contributed by atoms with E-state index in [4.69, 9.17) is 10.5 Å². The summed E-state index contributed by atoms with van der Waals surface area (Å²) in [6.07, 6.45) is 6.33. The molecule has 0 atom stereocenters. The fourth-order valence-electron chi connectivity index (χ4n) is 1.76. The van der Waals surface area contributed by atoms with E-state index < -0.39 is 0 Å². The van der Waals surface area contributed by atoms with Crippen molar-refractivity contribution in [3.8, 4) is 11.6 Å². The van der Waals surface area contributed by atoms with Crippen LogP contribution in [-0.4, -0.2) is 14.8 Å². The average Bonchev–Trinajstić information content (AvgIpc) is 2.77. The maximum Gasteiger partial charge on any atom is 0.224 e. The Balaban J connectivity index is 2.20. The Hall–Kier alpha value is -1.88. The monoisotopic (exact) mass is 246 g/mol. The van der Waals surface area contributed by atoms with Crippen LogP contribution < -0.4 is 10.5 Å². The quantitative estimate of drug-likeness (QED) is 0.878. The lowest BCUT2D eigenvalue weighted by Gasteiger charge is -2.09. The molecule has 2 aromatic rings. The number of rotatable bonds is 5. The summed E-state index contributed by atoms with van der Waals surface area (Å²) in [5.41, 5.74) is 7.73. The summed E-state index contributed by atoms with van der Waals surface area (Å²) in [5, 5.41) is 4.21. The molecule has 0 aliphatic carbocycles. The van der Waals surface area contributed by atoms with Crippen LogP contribution in [0.1, 0.15) is 24.5 Å². The Kier molecular flexibility index (Phi) is 3.94. The Morgan fingerprint density at radius 3 is 3.00 bits per heavy atom. The van der Waals surface area contributed by atoms with Gasteiger partial charge in [0.1, 0.15) is 0 Å². The van der Waals surface area contributed by atoms with Crippen LogP contribution in [0.4, 0.5) is 0 Å². The van der Waals surface area contributed by atoms with E-state index in [1.807, 2.05) is 23.9 Å². The second kappa shape index (κ2) is 5.64. The SMILES string of the molecule is CCCn1cc(Oc2nccc(C)c2CN)cn1. The zero-order valence-corrected chi connectivity index (χ0v) is 10.8. The van der Waals surface area contributed by atoms with Gasteiger partial charge in [-0.1, -0.05) is 6.92 Å². The summed E-state index contributed by atoms with van der Waals surface area (Å²) in [5.74, 6) is 1.25. The highest BCUT2D eigenvalue weighted by molar-refractivity contribution is 5.35. The number of aromatic nitrogens is 3. The second-order valence-corrected chi connectivity index (χ2v) is 4.16. The number of nitrogens with two attached hydrogens (primary N) is 1. The van der Waals surface area contributed by atoms with Crippen molar-refractivity contribution < 1.29 is 4.74 Å². The molecule has 2 rings (SSSR count). The molecule has 2 N–H and O–H groups in total. The number of pyridine rings is 1. The van der Waals surface area contributed by atoms with Gasteiger partial charge in [-0.3, -0.25) is 4.68 Å². The third kappa shape index (κ3) is 2.68. The van der Waals surface area contributed by atoms with E-state index in [1.54, 1.807) is 12.4 Å². The van der Waals surface area contributed by atoms with Crippen LogP contribution in [0.3, 0.4) is 0 Å². The van der Waals surface area contributed by atoms with Gasteiger partial charge >= 0.3 is 0 Å². The smallest absolute Gasteiger partial charge is 0.224 e. The number of hydrogen-bond acceptors (Lipinski definition) is 4. The van der Waals surface area contributed by atoms with Crippen molar-refractivity contribution >= 4 is 0 Å². The lowest BCUT2D eigenvalue weighted by molar-refractivity contribution is 0.454. The maximum atomic E-state index is 5.73. The molecule has 0 aliphatic heterocycles. The predicted molar refractivity (Wildman–Crippen MR) is 69.5 cm³/mol. The van der Waals surface area contributed by atoms with E-state index in [0.717, 1.165) is 24.1 Å². The van der Waals surface area contributed by atoms with Crippen LogP contribution in [-0.2, 0) is 13.1 Å². The summed E-state index contributed by atoms with van der Waals surface area (Å²) in [7, 11) is 0. The predicted octanol–water partition coefficient (Wildman–Crippen LogP) is 2.25. The number of aryl methyl sites for hydroxylation is 2. The summed E-state index contributed by atoms with van der Waals surface area (Å²) in [6, 6.07) is 1.93. The molecular formula is C13H18N4O. The first-order chi connectivity index (χ1) is 8.74. The topological polar surface area (TPSA) is 66.0 Å². The zero-order valence-electron chi connectivity index (χ0n) is 10.8. The normalized spacial score (nSPS) is 10.6. The van der Waals surface area contributed by atoms with Crippen LogP contribution in [0.25, 0.3) is 0 Å². The summed E-state index contributed by atoms with van der Waals surface area (Å²) in [4.78, 5) is 4.22. The number of ether oxygens (including phenoxy) is 1. The number of hydrogen-bond donors (Lipinski definition) is 1. The minimum Gasteiger partial charge on any atom is -0.435 e. The number of nitrogens with zero attached hydrogens (tertiary/aromatic N) is 3. The van der Waals surface area contributed by atoms with Gasteiger partial charge in [-0.05, 0) is 25.0 Å². The molecular weight excluding hydrogens is 228 g/mol. The van der Waals surface area contributed by atoms with Crippen molar-refractivity contribution in [2.45, 2.75) is 33.4 Å². The first kappa shape index (κ1) is 12.6. The van der Waals surface area contributed by atoms with Crippen molar-refractivity contribution in [3.05, 3.63) is 35.8 Å². The van der Waals surface area contributed by atoms with Gasteiger partial charge in [-0.2, -0.15) is 5.10 Å². The van der Waals surface area contributed by atoms with Crippen LogP contribution >= 0.6 is 0 Å². The summed E-state index contributed by atoms with van der Waals surface area (Å²) in [6.45, 7) is 5.40. The van der Waals surface area contributed by atoms with Gasteiger partial charge in [0.05, 0.1) is 12.4 Å². The molecule has 0 spiro atoms. The highest BCUT2D eigenvalue weighted by atomic mass is 16.5. The molecule has 0 unspecified atom stereocenters. The molecule has 18 heavy (non-hydrogen) atoms. The first-order valence-corrected chi connectivity index (χ1v) is 6.09. The minimum absolute atomic E-state index is 0.415. The van der Waals surface area contributed by atoms with Gasteiger partial charge in [0.2, 0.25) is 5.88 Å². The molecule has 0 fully saturated rings. The molecule has 5 nitrogen and oxygen atoms in total. The largest absolute Gasteiger partial charge is 0.435 e. The van der Waals surface area contributed by atoms with E-state index in [2.05, 4.69) is 17.0 Å². The van der Waals surface area contributed by atoms with Crippen molar-refractivity contribution in [2.75, 3.05) is 0 Å². The van der Waals surface area contributed by atoms with Crippen molar-refractivity contribution in [2.24, 2.45) is 5.73 Å². The second-order valence-electron chi connectivity index (χ2n) is 4.16.